The van der Waals surface area contributed by atoms with Crippen molar-refractivity contribution in [2.24, 2.45) is 5.41 Å². The molecule has 0 radical (unpaired) electrons. The maximum absolute atomic E-state index is 12.8. The normalized spacial score (nSPS) is 15.7. The maximum atomic E-state index is 12.8. The number of carbonyl (C=O) groups excluding carboxylic acids is 2. The smallest absolute Gasteiger partial charge is 0.316 e. The van der Waals surface area contributed by atoms with Gasteiger partial charge in [-0.3, -0.25) is 9.59 Å². The molecule has 0 amide bonds. The Bertz CT molecular complexity index is 670. The zero-order chi connectivity index (χ0) is 17.7. The fraction of sp³-hybridized carbons (Fsp3) is 0.429. The van der Waals surface area contributed by atoms with Gasteiger partial charge in [0.25, 0.3) is 0 Å². The predicted molar refractivity (Wildman–Crippen MR) is 96.3 cm³/mol. The molecular weight excluding hydrogens is 300 g/mol. The van der Waals surface area contributed by atoms with Crippen LogP contribution in [0.2, 0.25) is 0 Å². The van der Waals surface area contributed by atoms with Gasteiger partial charge in [0.05, 0.1) is 5.41 Å². The fourth-order valence-corrected chi connectivity index (χ4v) is 2.41. The fourth-order valence-electron chi connectivity index (χ4n) is 2.41. The average molecular weight is 326 g/mol. The van der Waals surface area contributed by atoms with Crippen molar-refractivity contribution in [3.05, 3.63) is 52.8 Å². The number of ether oxygens (including phenoxy) is 1. The Kier molecular flexibility index (Phi) is 5.76. The lowest BCUT2D eigenvalue weighted by Crippen LogP contribution is -2.25. The summed E-state index contributed by atoms with van der Waals surface area (Å²) in [6.07, 6.45) is 7.40. The van der Waals surface area contributed by atoms with Crippen LogP contribution in [0.25, 0.3) is 6.08 Å². The van der Waals surface area contributed by atoms with E-state index in [0.29, 0.717) is 0 Å². The molecule has 2 rings (SSSR count). The second kappa shape index (κ2) is 7.61. The molecule has 0 fully saturated rings. The number of allylic oxidation sites excluding steroid dienone is 2. The molecule has 128 valence electrons. The third kappa shape index (κ3) is 4.92. The molecule has 1 aromatic carbocycles. The van der Waals surface area contributed by atoms with Gasteiger partial charge in [0.15, 0.2) is 5.76 Å². The summed E-state index contributed by atoms with van der Waals surface area (Å²) in [7, 11) is 0. The number of hydrogen-bond donors (Lipinski definition) is 0. The molecule has 0 saturated heterocycles. The first-order chi connectivity index (χ1) is 11.3. The minimum absolute atomic E-state index is 0.118. The van der Waals surface area contributed by atoms with E-state index in [1.807, 2.05) is 37.3 Å². The van der Waals surface area contributed by atoms with Crippen molar-refractivity contribution in [1.82, 2.24) is 0 Å². The van der Waals surface area contributed by atoms with Crippen LogP contribution in [-0.4, -0.2) is 11.8 Å². The number of carbonyl (C=O) groups is 2. The molecule has 0 saturated carbocycles. The van der Waals surface area contributed by atoms with E-state index < -0.39 is 11.4 Å². The maximum Gasteiger partial charge on any atom is 0.316 e. The second-order valence-electron chi connectivity index (χ2n) is 7.36. The topological polar surface area (TPSA) is 43.4 Å². The molecule has 0 bridgehead atoms. The molecule has 0 spiro atoms. The number of hydrogen-bond acceptors (Lipinski definition) is 3. The molecule has 3 nitrogen and oxygen atoms in total. The minimum Gasteiger partial charge on any atom is -0.422 e. The largest absolute Gasteiger partial charge is 0.422 e. The van der Waals surface area contributed by atoms with Crippen LogP contribution in [0.5, 0.6) is 0 Å². The highest BCUT2D eigenvalue weighted by Crippen LogP contribution is 2.25. The average Bonchev–Trinajstić information content (AvgIpc) is 2.55. The zero-order valence-electron chi connectivity index (χ0n) is 15.0. The standard InChI is InChI=1S/C21H26O3/c1-15-10-12-16(13-11-15)14-18(24-20(23)21(2,3)4)19(22)17-8-6-5-7-9-17/h8,10-14H,5-7,9H2,1-4H3/b18-14-. The Balaban J connectivity index is 2.33. The van der Waals surface area contributed by atoms with Gasteiger partial charge >= 0.3 is 5.97 Å². The molecule has 0 N–H and O–H groups in total. The number of benzene rings is 1. The van der Waals surface area contributed by atoms with E-state index in [0.717, 1.165) is 42.4 Å². The summed E-state index contributed by atoms with van der Waals surface area (Å²) >= 11 is 0. The molecule has 0 unspecified atom stereocenters. The Morgan fingerprint density at radius 2 is 1.75 bits per heavy atom. The van der Waals surface area contributed by atoms with Crippen LogP contribution in [0.15, 0.2) is 41.7 Å². The highest BCUT2D eigenvalue weighted by molar-refractivity contribution is 6.10. The first kappa shape index (κ1) is 18.2. The molecular formula is C21H26O3. The van der Waals surface area contributed by atoms with Crippen LogP contribution in [0.4, 0.5) is 0 Å². The molecule has 1 aliphatic carbocycles. The summed E-state index contributed by atoms with van der Waals surface area (Å²) in [6, 6.07) is 7.78. The van der Waals surface area contributed by atoms with Crippen LogP contribution < -0.4 is 0 Å². The highest BCUT2D eigenvalue weighted by Gasteiger charge is 2.28. The van der Waals surface area contributed by atoms with Gasteiger partial charge in [-0.15, -0.1) is 0 Å². The third-order valence-corrected chi connectivity index (χ3v) is 4.00. The predicted octanol–water partition coefficient (Wildman–Crippen LogP) is 4.99. The minimum atomic E-state index is -0.659. The molecule has 0 atom stereocenters. The summed E-state index contributed by atoms with van der Waals surface area (Å²) in [4.78, 5) is 25.1. The number of aryl methyl sites for hydroxylation is 1. The number of ketones is 1. The van der Waals surface area contributed by atoms with Crippen LogP contribution in [0.1, 0.15) is 57.6 Å². The van der Waals surface area contributed by atoms with E-state index in [2.05, 4.69) is 0 Å². The van der Waals surface area contributed by atoms with E-state index in [1.165, 1.54) is 0 Å². The van der Waals surface area contributed by atoms with Gasteiger partial charge in [0.2, 0.25) is 5.78 Å². The van der Waals surface area contributed by atoms with Crippen molar-refractivity contribution in [1.29, 1.82) is 0 Å². The van der Waals surface area contributed by atoms with Gasteiger partial charge in [0, 0.05) is 0 Å². The van der Waals surface area contributed by atoms with Crippen LogP contribution >= 0.6 is 0 Å². The summed E-state index contributed by atoms with van der Waals surface area (Å²) in [6.45, 7) is 7.35. The lowest BCUT2D eigenvalue weighted by atomic mass is 9.94. The molecule has 0 aliphatic heterocycles. The van der Waals surface area contributed by atoms with E-state index in [-0.39, 0.29) is 11.5 Å². The monoisotopic (exact) mass is 326 g/mol. The van der Waals surface area contributed by atoms with Crippen molar-refractivity contribution >= 4 is 17.8 Å². The SMILES string of the molecule is Cc1ccc(/C=C(\OC(=O)C(C)(C)C)C(=O)C2=CCCCC2)cc1. The summed E-state index contributed by atoms with van der Waals surface area (Å²) in [5.74, 6) is -0.453. The van der Waals surface area contributed by atoms with Crippen LogP contribution in [0.3, 0.4) is 0 Å². The van der Waals surface area contributed by atoms with E-state index in [9.17, 15) is 9.59 Å². The van der Waals surface area contributed by atoms with Crippen LogP contribution in [-0.2, 0) is 14.3 Å². The first-order valence-corrected chi connectivity index (χ1v) is 8.52. The molecule has 1 aliphatic rings. The van der Waals surface area contributed by atoms with Gasteiger partial charge in [-0.1, -0.05) is 35.9 Å². The van der Waals surface area contributed by atoms with E-state index >= 15 is 0 Å². The Morgan fingerprint density at radius 1 is 1.08 bits per heavy atom. The summed E-state index contributed by atoms with van der Waals surface area (Å²) in [5.41, 5.74) is 2.08. The Hall–Kier alpha value is -2.16. The molecule has 3 heteroatoms. The Morgan fingerprint density at radius 3 is 2.29 bits per heavy atom. The highest BCUT2D eigenvalue weighted by atomic mass is 16.5. The molecule has 1 aromatic rings. The van der Waals surface area contributed by atoms with Crippen molar-refractivity contribution in [3.8, 4) is 0 Å². The second-order valence-corrected chi connectivity index (χ2v) is 7.36. The van der Waals surface area contributed by atoms with Gasteiger partial charge in [-0.25, -0.2) is 0 Å². The van der Waals surface area contributed by atoms with Crippen LogP contribution in [0, 0.1) is 12.3 Å². The van der Waals surface area contributed by atoms with Gasteiger partial charge in [-0.05, 0) is 70.6 Å². The van der Waals surface area contributed by atoms with Gasteiger partial charge < -0.3 is 4.74 Å². The summed E-state index contributed by atoms with van der Waals surface area (Å²) < 4.78 is 5.50. The lowest BCUT2D eigenvalue weighted by molar-refractivity contribution is -0.150. The van der Waals surface area contributed by atoms with Crippen molar-refractivity contribution in [2.75, 3.05) is 0 Å². The third-order valence-electron chi connectivity index (χ3n) is 4.00. The number of rotatable bonds is 4. The number of Topliss-reactive ketones (excluding diaryl/α,β-unsaturated/α-hetero) is 1. The van der Waals surface area contributed by atoms with Crippen molar-refractivity contribution in [2.45, 2.75) is 53.4 Å². The first-order valence-electron chi connectivity index (χ1n) is 8.52. The van der Waals surface area contributed by atoms with Gasteiger partial charge in [-0.2, -0.15) is 0 Å². The molecule has 0 heterocycles. The quantitative estimate of drug-likeness (QED) is 0.444. The van der Waals surface area contributed by atoms with Crippen molar-refractivity contribution in [3.63, 3.8) is 0 Å². The Labute approximate surface area is 144 Å². The molecule has 0 aromatic heterocycles. The number of esters is 1. The summed E-state index contributed by atoms with van der Waals surface area (Å²) in [5, 5.41) is 0. The molecule has 24 heavy (non-hydrogen) atoms. The lowest BCUT2D eigenvalue weighted by Gasteiger charge is -2.19. The zero-order valence-corrected chi connectivity index (χ0v) is 15.0. The van der Waals surface area contributed by atoms with Crippen molar-refractivity contribution < 1.29 is 14.3 Å². The van der Waals surface area contributed by atoms with Gasteiger partial charge in [0.1, 0.15) is 0 Å². The van der Waals surface area contributed by atoms with E-state index in [1.54, 1.807) is 26.8 Å². The van der Waals surface area contributed by atoms with E-state index in [4.69, 9.17) is 4.74 Å².